The second kappa shape index (κ2) is 5.61. The van der Waals surface area contributed by atoms with E-state index in [0.717, 1.165) is 55.0 Å². The van der Waals surface area contributed by atoms with Crippen molar-refractivity contribution in [3.05, 3.63) is 91.0 Å². The van der Waals surface area contributed by atoms with E-state index in [2.05, 4.69) is 59.0 Å². The molecular weight excluding hydrogens is 418 g/mol. The molecule has 4 aromatic heterocycles. The summed E-state index contributed by atoms with van der Waals surface area (Å²) in [4.78, 5) is 10.2. The summed E-state index contributed by atoms with van der Waals surface area (Å²) in [5.41, 5.74) is 7.80. The first-order chi connectivity index (χ1) is 16.8. The van der Waals surface area contributed by atoms with Gasteiger partial charge in [-0.05, 0) is 47.2 Å². The Balaban J connectivity index is 1.64. The largest absolute Gasteiger partial charge is 0.456 e. The SMILES string of the molecule is c1ccc2c(c1)cc1c3nc4ccccc4nc3n3c4cc5c(cc4c2c13)oc1ccccc15. The van der Waals surface area contributed by atoms with Crippen LogP contribution < -0.4 is 0 Å². The zero-order chi connectivity index (χ0) is 22.0. The van der Waals surface area contributed by atoms with Gasteiger partial charge in [0.1, 0.15) is 16.7 Å². The number of rotatable bonds is 0. The second-order valence-corrected chi connectivity index (χ2v) is 9.05. The number of furan rings is 1. The first-order valence-electron chi connectivity index (χ1n) is 11.4. The highest BCUT2D eigenvalue weighted by Crippen LogP contribution is 2.44. The molecule has 5 aromatic carbocycles. The summed E-state index contributed by atoms with van der Waals surface area (Å²) in [5.74, 6) is 0. The molecule has 0 unspecified atom stereocenters. The van der Waals surface area contributed by atoms with Crippen molar-refractivity contribution in [3.63, 3.8) is 0 Å². The molecule has 4 heterocycles. The van der Waals surface area contributed by atoms with Gasteiger partial charge >= 0.3 is 0 Å². The first-order valence-corrected chi connectivity index (χ1v) is 11.4. The van der Waals surface area contributed by atoms with E-state index in [9.17, 15) is 0 Å². The van der Waals surface area contributed by atoms with Crippen molar-refractivity contribution in [1.29, 1.82) is 0 Å². The Hall–Kier alpha value is -4.70. The zero-order valence-electron chi connectivity index (χ0n) is 17.9. The molecule has 0 fully saturated rings. The molecule has 0 bridgehead atoms. The number of nitrogens with zero attached hydrogens (tertiary/aromatic N) is 3. The number of fused-ring (bicyclic) bond motifs is 12. The average molecular weight is 433 g/mol. The fourth-order valence-electron chi connectivity index (χ4n) is 5.83. The van der Waals surface area contributed by atoms with Crippen molar-refractivity contribution in [3.8, 4) is 0 Å². The Kier molecular flexibility index (Phi) is 2.78. The summed E-state index contributed by atoms with van der Waals surface area (Å²) >= 11 is 0. The molecule has 0 amide bonds. The van der Waals surface area contributed by atoms with Gasteiger partial charge in [0.05, 0.1) is 22.1 Å². The quantitative estimate of drug-likeness (QED) is 0.245. The van der Waals surface area contributed by atoms with Crippen molar-refractivity contribution in [1.82, 2.24) is 14.4 Å². The Bertz CT molecular complexity index is 2290. The van der Waals surface area contributed by atoms with Crippen LogP contribution in [-0.2, 0) is 0 Å². The van der Waals surface area contributed by atoms with E-state index in [4.69, 9.17) is 14.4 Å². The van der Waals surface area contributed by atoms with Crippen LogP contribution >= 0.6 is 0 Å². The van der Waals surface area contributed by atoms with E-state index >= 15 is 0 Å². The van der Waals surface area contributed by atoms with Crippen LogP contribution in [-0.4, -0.2) is 14.4 Å². The van der Waals surface area contributed by atoms with Crippen LogP contribution in [0.1, 0.15) is 0 Å². The highest BCUT2D eigenvalue weighted by Gasteiger charge is 2.23. The van der Waals surface area contributed by atoms with Crippen LogP contribution in [0.3, 0.4) is 0 Å². The maximum absolute atomic E-state index is 6.27. The maximum atomic E-state index is 6.27. The number of para-hydroxylation sites is 3. The molecule has 4 nitrogen and oxygen atoms in total. The summed E-state index contributed by atoms with van der Waals surface area (Å²) < 4.78 is 8.58. The van der Waals surface area contributed by atoms with Crippen molar-refractivity contribution in [2.75, 3.05) is 0 Å². The predicted molar refractivity (Wildman–Crippen MR) is 139 cm³/mol. The van der Waals surface area contributed by atoms with E-state index in [1.807, 2.05) is 36.4 Å². The number of hydrogen-bond acceptors (Lipinski definition) is 3. The molecule has 0 spiro atoms. The Morgan fingerprint density at radius 3 is 2.26 bits per heavy atom. The molecule has 156 valence electrons. The van der Waals surface area contributed by atoms with Gasteiger partial charge in [0, 0.05) is 26.9 Å². The van der Waals surface area contributed by atoms with Gasteiger partial charge < -0.3 is 4.42 Å². The van der Waals surface area contributed by atoms with Crippen LogP contribution in [0.5, 0.6) is 0 Å². The zero-order valence-corrected chi connectivity index (χ0v) is 17.9. The topological polar surface area (TPSA) is 43.3 Å². The van der Waals surface area contributed by atoms with Crippen molar-refractivity contribution in [2.45, 2.75) is 0 Å². The third kappa shape index (κ3) is 1.88. The summed E-state index contributed by atoms with van der Waals surface area (Å²) in [6, 6.07) is 31.7. The van der Waals surface area contributed by atoms with Gasteiger partial charge in [-0.1, -0.05) is 54.6 Å². The van der Waals surface area contributed by atoms with Crippen LogP contribution in [0, 0.1) is 0 Å². The molecule has 0 radical (unpaired) electrons. The smallest absolute Gasteiger partial charge is 0.165 e. The molecule has 0 atom stereocenters. The Morgan fingerprint density at radius 2 is 1.35 bits per heavy atom. The molecule has 0 aliphatic heterocycles. The van der Waals surface area contributed by atoms with E-state index in [1.165, 1.54) is 27.1 Å². The molecule has 4 heteroatoms. The molecule has 0 aliphatic carbocycles. The molecule has 9 aromatic rings. The summed E-state index contributed by atoms with van der Waals surface area (Å²) in [6.07, 6.45) is 0. The minimum atomic E-state index is 0.899. The van der Waals surface area contributed by atoms with Gasteiger partial charge in [-0.3, -0.25) is 4.40 Å². The van der Waals surface area contributed by atoms with E-state index in [1.54, 1.807) is 0 Å². The number of benzene rings is 5. The standard InChI is InChI=1S/C30H15N3O/c1-2-8-17-16(7-1)13-21-28-30(32-23-11-5-4-10-22(23)31-28)33-24-14-19-18-9-3-6-12-25(18)34-26(19)15-20(24)27(17)29(21)33/h1-15H. The lowest BCUT2D eigenvalue weighted by atomic mass is 10.0. The fraction of sp³-hybridized carbons (Fsp3) is 0. The highest BCUT2D eigenvalue weighted by molar-refractivity contribution is 6.32. The summed E-state index contributed by atoms with van der Waals surface area (Å²) in [7, 11) is 0. The molecular formula is C30H15N3O. The molecule has 0 saturated carbocycles. The lowest BCUT2D eigenvalue weighted by molar-refractivity contribution is 0.669. The van der Waals surface area contributed by atoms with Crippen LogP contribution in [0.4, 0.5) is 0 Å². The maximum Gasteiger partial charge on any atom is 0.165 e. The number of hydrogen-bond donors (Lipinski definition) is 0. The fourth-order valence-corrected chi connectivity index (χ4v) is 5.83. The predicted octanol–water partition coefficient (Wildman–Crippen LogP) is 7.83. The lowest BCUT2D eigenvalue weighted by Crippen LogP contribution is -1.88. The average Bonchev–Trinajstić information content (AvgIpc) is 3.51. The summed E-state index contributed by atoms with van der Waals surface area (Å²) in [6.45, 7) is 0. The normalized spacial score (nSPS) is 12.7. The minimum Gasteiger partial charge on any atom is -0.456 e. The summed E-state index contributed by atoms with van der Waals surface area (Å²) in [5, 5.41) is 8.24. The van der Waals surface area contributed by atoms with Crippen molar-refractivity contribution >= 4 is 82.1 Å². The molecule has 0 aliphatic rings. The van der Waals surface area contributed by atoms with Crippen LogP contribution in [0.15, 0.2) is 95.4 Å². The third-order valence-corrected chi connectivity index (χ3v) is 7.27. The number of aromatic nitrogens is 3. The van der Waals surface area contributed by atoms with Crippen molar-refractivity contribution < 1.29 is 4.42 Å². The van der Waals surface area contributed by atoms with Gasteiger partial charge in [0.15, 0.2) is 5.65 Å². The minimum absolute atomic E-state index is 0.899. The van der Waals surface area contributed by atoms with Gasteiger partial charge in [-0.25, -0.2) is 9.97 Å². The van der Waals surface area contributed by atoms with Gasteiger partial charge in [-0.2, -0.15) is 0 Å². The van der Waals surface area contributed by atoms with Gasteiger partial charge in [-0.15, -0.1) is 0 Å². The Morgan fingerprint density at radius 1 is 0.588 bits per heavy atom. The van der Waals surface area contributed by atoms with E-state index < -0.39 is 0 Å². The van der Waals surface area contributed by atoms with E-state index in [-0.39, 0.29) is 0 Å². The van der Waals surface area contributed by atoms with Crippen LogP contribution in [0.25, 0.3) is 82.1 Å². The highest BCUT2D eigenvalue weighted by atomic mass is 16.3. The molecule has 0 N–H and O–H groups in total. The monoisotopic (exact) mass is 433 g/mol. The Labute approximate surface area is 192 Å². The van der Waals surface area contributed by atoms with E-state index in [0.29, 0.717) is 0 Å². The molecule has 34 heavy (non-hydrogen) atoms. The second-order valence-electron chi connectivity index (χ2n) is 9.05. The van der Waals surface area contributed by atoms with Crippen molar-refractivity contribution in [2.24, 2.45) is 0 Å². The molecule has 0 saturated heterocycles. The lowest BCUT2D eigenvalue weighted by Gasteiger charge is -2.02. The molecule has 9 rings (SSSR count). The van der Waals surface area contributed by atoms with Gasteiger partial charge in [0.25, 0.3) is 0 Å². The van der Waals surface area contributed by atoms with Crippen LogP contribution in [0.2, 0.25) is 0 Å². The third-order valence-electron chi connectivity index (χ3n) is 7.27. The first kappa shape index (κ1) is 16.9. The van der Waals surface area contributed by atoms with Gasteiger partial charge in [0.2, 0.25) is 0 Å².